The minimum absolute atomic E-state index is 0.0610. The fourth-order valence-corrected chi connectivity index (χ4v) is 2.31. The van der Waals surface area contributed by atoms with Gasteiger partial charge in [-0.05, 0) is 43.5 Å². The predicted molar refractivity (Wildman–Crippen MR) is 84.8 cm³/mol. The molecule has 0 saturated carbocycles. The normalized spacial score (nSPS) is 11.8. The Balaban J connectivity index is 2.04. The number of hydrogen-bond donors (Lipinski definition) is 1. The zero-order valence-corrected chi connectivity index (χ0v) is 12.7. The van der Waals surface area contributed by atoms with Crippen molar-refractivity contribution in [1.82, 2.24) is 5.32 Å². The van der Waals surface area contributed by atoms with E-state index in [1.54, 1.807) is 13.2 Å². The smallest absolute Gasteiger partial charge is 0.255 e. The van der Waals surface area contributed by atoms with Crippen molar-refractivity contribution < 1.29 is 9.53 Å². The lowest BCUT2D eigenvalue weighted by molar-refractivity contribution is 0.0937. The third-order valence-electron chi connectivity index (χ3n) is 3.36. The van der Waals surface area contributed by atoms with Crippen LogP contribution in [0, 0.1) is 6.92 Å². The molecule has 1 amide bonds. The summed E-state index contributed by atoms with van der Waals surface area (Å²) in [6.45, 7) is 3.98. The molecule has 0 aliphatic rings. The molecule has 1 unspecified atom stereocenters. The molecule has 0 spiro atoms. The van der Waals surface area contributed by atoms with Gasteiger partial charge in [-0.3, -0.25) is 4.79 Å². The summed E-state index contributed by atoms with van der Waals surface area (Å²) in [5.74, 6) is 0.509. The molecule has 2 aromatic rings. The van der Waals surface area contributed by atoms with Crippen molar-refractivity contribution in [3.8, 4) is 5.75 Å². The number of nitrogens with one attached hydrogen (secondary N) is 1. The lowest BCUT2D eigenvalue weighted by atomic mass is 10.1. The molecule has 0 aromatic heterocycles. The van der Waals surface area contributed by atoms with Crippen LogP contribution in [0.5, 0.6) is 5.75 Å². The first-order valence-electron chi connectivity index (χ1n) is 7.09. The van der Waals surface area contributed by atoms with Gasteiger partial charge in [0.2, 0.25) is 0 Å². The lowest BCUT2D eigenvalue weighted by Gasteiger charge is -2.15. The van der Waals surface area contributed by atoms with Crippen molar-refractivity contribution in [2.24, 2.45) is 0 Å². The van der Waals surface area contributed by atoms with E-state index in [9.17, 15) is 4.79 Å². The molecule has 1 atom stereocenters. The highest BCUT2D eigenvalue weighted by atomic mass is 16.5. The van der Waals surface area contributed by atoms with E-state index in [4.69, 9.17) is 4.74 Å². The van der Waals surface area contributed by atoms with Gasteiger partial charge in [-0.2, -0.15) is 0 Å². The molecule has 0 aliphatic heterocycles. The fraction of sp³-hybridized carbons (Fsp3) is 0.278. The first kappa shape index (κ1) is 15.1. The van der Waals surface area contributed by atoms with Crippen LogP contribution >= 0.6 is 0 Å². The van der Waals surface area contributed by atoms with Crippen molar-refractivity contribution in [3.05, 3.63) is 65.2 Å². The number of carbonyl (C=O) groups excluding carboxylic acids is 1. The number of rotatable bonds is 5. The Kier molecular flexibility index (Phi) is 4.99. The van der Waals surface area contributed by atoms with Crippen LogP contribution < -0.4 is 10.1 Å². The molecule has 110 valence electrons. The van der Waals surface area contributed by atoms with E-state index in [0.29, 0.717) is 11.3 Å². The molecule has 0 bridgehead atoms. The molecular formula is C18H21NO2. The van der Waals surface area contributed by atoms with Gasteiger partial charge in [-0.25, -0.2) is 0 Å². The maximum absolute atomic E-state index is 12.3. The van der Waals surface area contributed by atoms with Crippen molar-refractivity contribution in [3.63, 3.8) is 0 Å². The number of aryl methyl sites for hydroxylation is 1. The molecule has 3 nitrogen and oxygen atoms in total. The molecule has 21 heavy (non-hydrogen) atoms. The van der Waals surface area contributed by atoms with Crippen molar-refractivity contribution in [2.75, 3.05) is 7.11 Å². The number of carbonyl (C=O) groups is 1. The summed E-state index contributed by atoms with van der Waals surface area (Å²) in [6, 6.07) is 15.8. The highest BCUT2D eigenvalue weighted by molar-refractivity contribution is 5.97. The van der Waals surface area contributed by atoms with Gasteiger partial charge in [-0.1, -0.05) is 36.4 Å². The van der Waals surface area contributed by atoms with Crippen LogP contribution in [-0.4, -0.2) is 19.1 Å². The first-order valence-corrected chi connectivity index (χ1v) is 7.09. The Morgan fingerprint density at radius 1 is 1.19 bits per heavy atom. The summed E-state index contributed by atoms with van der Waals surface area (Å²) in [5.41, 5.74) is 2.85. The van der Waals surface area contributed by atoms with Crippen LogP contribution in [-0.2, 0) is 6.42 Å². The second-order valence-corrected chi connectivity index (χ2v) is 5.27. The SMILES string of the molecule is COc1cc(C)ccc1C(=O)NC(C)Cc1ccccc1. The lowest BCUT2D eigenvalue weighted by Crippen LogP contribution is -2.34. The van der Waals surface area contributed by atoms with Gasteiger partial charge < -0.3 is 10.1 Å². The van der Waals surface area contributed by atoms with Crippen LogP contribution in [0.3, 0.4) is 0 Å². The van der Waals surface area contributed by atoms with Gasteiger partial charge in [0, 0.05) is 6.04 Å². The summed E-state index contributed by atoms with van der Waals surface area (Å²) in [4.78, 5) is 12.3. The first-order chi connectivity index (χ1) is 10.1. The molecule has 0 aliphatic carbocycles. The van der Waals surface area contributed by atoms with E-state index in [0.717, 1.165) is 12.0 Å². The maximum Gasteiger partial charge on any atom is 0.255 e. The summed E-state index contributed by atoms with van der Waals surface area (Å²) >= 11 is 0. The summed E-state index contributed by atoms with van der Waals surface area (Å²) in [7, 11) is 1.58. The fourth-order valence-electron chi connectivity index (χ4n) is 2.31. The van der Waals surface area contributed by atoms with Crippen LogP contribution in [0.25, 0.3) is 0 Å². The second-order valence-electron chi connectivity index (χ2n) is 5.27. The molecule has 2 rings (SSSR count). The average molecular weight is 283 g/mol. The summed E-state index contributed by atoms with van der Waals surface area (Å²) in [5, 5.41) is 3.02. The highest BCUT2D eigenvalue weighted by Crippen LogP contribution is 2.20. The minimum atomic E-state index is -0.102. The molecule has 2 aromatic carbocycles. The van der Waals surface area contributed by atoms with E-state index in [1.165, 1.54) is 5.56 Å². The van der Waals surface area contributed by atoms with Crippen molar-refractivity contribution >= 4 is 5.91 Å². The molecule has 0 fully saturated rings. The van der Waals surface area contributed by atoms with Crippen molar-refractivity contribution in [1.29, 1.82) is 0 Å². The highest BCUT2D eigenvalue weighted by Gasteiger charge is 2.14. The zero-order valence-electron chi connectivity index (χ0n) is 12.7. The van der Waals surface area contributed by atoms with E-state index >= 15 is 0 Å². The van der Waals surface area contributed by atoms with Gasteiger partial charge in [0.05, 0.1) is 12.7 Å². The van der Waals surface area contributed by atoms with Gasteiger partial charge in [-0.15, -0.1) is 0 Å². The van der Waals surface area contributed by atoms with Gasteiger partial charge in [0.1, 0.15) is 5.75 Å². The van der Waals surface area contributed by atoms with E-state index in [2.05, 4.69) is 17.4 Å². The largest absolute Gasteiger partial charge is 0.496 e. The van der Waals surface area contributed by atoms with E-state index in [-0.39, 0.29) is 11.9 Å². The molecule has 1 N–H and O–H groups in total. The number of amides is 1. The average Bonchev–Trinajstić information content (AvgIpc) is 2.47. The maximum atomic E-state index is 12.3. The summed E-state index contributed by atoms with van der Waals surface area (Å²) < 4.78 is 5.29. The summed E-state index contributed by atoms with van der Waals surface area (Å²) in [6.07, 6.45) is 0.806. The Morgan fingerprint density at radius 2 is 1.90 bits per heavy atom. The van der Waals surface area contributed by atoms with Gasteiger partial charge in [0.15, 0.2) is 0 Å². The quantitative estimate of drug-likeness (QED) is 0.913. The minimum Gasteiger partial charge on any atom is -0.496 e. The van der Waals surface area contributed by atoms with Crippen LogP contribution in [0.1, 0.15) is 28.4 Å². The topological polar surface area (TPSA) is 38.3 Å². The van der Waals surface area contributed by atoms with E-state index < -0.39 is 0 Å². The number of hydrogen-bond acceptors (Lipinski definition) is 2. The van der Waals surface area contributed by atoms with Gasteiger partial charge in [0.25, 0.3) is 5.91 Å². The van der Waals surface area contributed by atoms with Gasteiger partial charge >= 0.3 is 0 Å². The molecule has 0 saturated heterocycles. The Labute approximate surface area is 126 Å². The molecular weight excluding hydrogens is 262 g/mol. The van der Waals surface area contributed by atoms with Crippen LogP contribution in [0.4, 0.5) is 0 Å². The molecule has 3 heteroatoms. The van der Waals surface area contributed by atoms with Crippen LogP contribution in [0.2, 0.25) is 0 Å². The number of ether oxygens (including phenoxy) is 1. The molecule has 0 radical (unpaired) electrons. The van der Waals surface area contributed by atoms with Crippen molar-refractivity contribution in [2.45, 2.75) is 26.3 Å². The number of benzene rings is 2. The standard InChI is InChI=1S/C18H21NO2/c1-13-9-10-16(17(11-13)21-3)18(20)19-14(2)12-15-7-5-4-6-8-15/h4-11,14H,12H2,1-3H3,(H,19,20). The Morgan fingerprint density at radius 3 is 2.57 bits per heavy atom. The number of methoxy groups -OCH3 is 1. The zero-order chi connectivity index (χ0) is 15.2. The Bertz CT molecular complexity index is 608. The van der Waals surface area contributed by atoms with E-state index in [1.807, 2.05) is 44.2 Å². The van der Waals surface area contributed by atoms with Crippen LogP contribution in [0.15, 0.2) is 48.5 Å². The Hall–Kier alpha value is -2.29. The molecule has 0 heterocycles. The third kappa shape index (κ3) is 4.09. The predicted octanol–water partition coefficient (Wildman–Crippen LogP) is 3.36. The second kappa shape index (κ2) is 6.93. The monoisotopic (exact) mass is 283 g/mol. The third-order valence-corrected chi connectivity index (χ3v) is 3.36.